The van der Waals surface area contributed by atoms with E-state index in [2.05, 4.69) is 26.2 Å². The van der Waals surface area contributed by atoms with E-state index in [9.17, 15) is 4.79 Å². The van der Waals surface area contributed by atoms with Crippen molar-refractivity contribution < 1.29 is 14.3 Å². The molecule has 122 valence electrons. The van der Waals surface area contributed by atoms with Gasteiger partial charge in [-0.2, -0.15) is 0 Å². The Morgan fingerprint density at radius 1 is 1.35 bits per heavy atom. The number of carbonyl (C=O) groups excluding carboxylic acids is 1. The molecule has 23 heavy (non-hydrogen) atoms. The topological polar surface area (TPSA) is 60.5 Å². The third-order valence-corrected chi connectivity index (χ3v) is 4.96. The van der Waals surface area contributed by atoms with Crippen molar-refractivity contribution in [1.82, 2.24) is 4.98 Å². The van der Waals surface area contributed by atoms with Crippen molar-refractivity contribution in [3.05, 3.63) is 34.4 Å². The summed E-state index contributed by atoms with van der Waals surface area (Å²) in [5.74, 6) is -0.442. The van der Waals surface area contributed by atoms with Gasteiger partial charge < -0.3 is 14.8 Å². The highest BCUT2D eigenvalue weighted by atomic mass is 79.9. The van der Waals surface area contributed by atoms with Gasteiger partial charge in [0.2, 0.25) is 0 Å². The Balaban J connectivity index is 1.98. The van der Waals surface area contributed by atoms with E-state index in [1.165, 1.54) is 13.5 Å². The largest absolute Gasteiger partial charge is 0.464 e. The van der Waals surface area contributed by atoms with Gasteiger partial charge in [-0.05, 0) is 43.5 Å². The first kappa shape index (κ1) is 16.2. The Hall–Kier alpha value is -1.66. The maximum absolute atomic E-state index is 11.9. The molecule has 0 spiro atoms. The van der Waals surface area contributed by atoms with Crippen LogP contribution in [0.15, 0.2) is 28.7 Å². The number of nitrogens with one attached hydrogen (secondary N) is 1. The van der Waals surface area contributed by atoms with E-state index >= 15 is 0 Å². The molecular formula is C17H19BrN2O3. The van der Waals surface area contributed by atoms with Gasteiger partial charge in [-0.1, -0.05) is 15.9 Å². The smallest absolute Gasteiger partial charge is 0.356 e. The molecule has 1 aromatic carbocycles. The fourth-order valence-corrected chi connectivity index (χ4v) is 3.19. The van der Waals surface area contributed by atoms with Crippen LogP contribution in [0.3, 0.4) is 0 Å². The second-order valence-electron chi connectivity index (χ2n) is 5.80. The van der Waals surface area contributed by atoms with E-state index in [0.29, 0.717) is 12.2 Å². The van der Waals surface area contributed by atoms with Crippen molar-refractivity contribution in [2.24, 2.45) is 0 Å². The number of esters is 1. The summed E-state index contributed by atoms with van der Waals surface area (Å²) in [6, 6.07) is 7.52. The lowest BCUT2D eigenvalue weighted by atomic mass is 9.80. The minimum atomic E-state index is -0.442. The number of halogens is 1. The summed E-state index contributed by atoms with van der Waals surface area (Å²) in [6.45, 7) is 0.704. The van der Waals surface area contributed by atoms with Crippen LogP contribution < -0.4 is 5.32 Å². The summed E-state index contributed by atoms with van der Waals surface area (Å²) in [5, 5.41) is 4.39. The number of methoxy groups -OCH3 is 2. The van der Waals surface area contributed by atoms with Crippen LogP contribution in [0, 0.1) is 0 Å². The van der Waals surface area contributed by atoms with Crippen molar-refractivity contribution in [3.8, 4) is 0 Å². The van der Waals surface area contributed by atoms with E-state index in [-0.39, 0.29) is 5.60 Å². The van der Waals surface area contributed by atoms with Crippen LogP contribution in [0.5, 0.6) is 0 Å². The van der Waals surface area contributed by atoms with Crippen molar-refractivity contribution in [3.63, 3.8) is 0 Å². The molecule has 1 fully saturated rings. The van der Waals surface area contributed by atoms with Crippen LogP contribution in [0.2, 0.25) is 0 Å². The zero-order chi connectivity index (χ0) is 16.4. The number of hydrogen-bond donors (Lipinski definition) is 1. The van der Waals surface area contributed by atoms with Gasteiger partial charge in [-0.25, -0.2) is 9.78 Å². The zero-order valence-electron chi connectivity index (χ0n) is 13.2. The molecule has 3 rings (SSSR count). The van der Waals surface area contributed by atoms with Crippen molar-refractivity contribution in [1.29, 1.82) is 0 Å². The SMILES string of the molecule is COC(=O)c1cc(NCC2(OC)CCC2)c2cc(Br)ccc2n1. The number of ether oxygens (including phenoxy) is 2. The quantitative estimate of drug-likeness (QED) is 0.802. The third kappa shape index (κ3) is 3.19. The summed E-state index contributed by atoms with van der Waals surface area (Å²) in [7, 11) is 3.11. The minimum Gasteiger partial charge on any atom is -0.464 e. The molecule has 0 amide bonds. The Labute approximate surface area is 143 Å². The van der Waals surface area contributed by atoms with Gasteiger partial charge in [0.05, 0.1) is 18.2 Å². The molecule has 0 aliphatic heterocycles. The molecule has 1 aliphatic rings. The number of anilines is 1. The average molecular weight is 379 g/mol. The van der Waals surface area contributed by atoms with Gasteiger partial charge in [0.15, 0.2) is 5.69 Å². The van der Waals surface area contributed by atoms with Crippen molar-refractivity contribution >= 4 is 38.5 Å². The summed E-state index contributed by atoms with van der Waals surface area (Å²) < 4.78 is 11.4. The first-order chi connectivity index (χ1) is 11.1. The molecule has 1 N–H and O–H groups in total. The molecule has 0 radical (unpaired) electrons. The number of rotatable bonds is 5. The molecule has 2 aromatic rings. The third-order valence-electron chi connectivity index (χ3n) is 4.46. The fourth-order valence-electron chi connectivity index (χ4n) is 2.83. The van der Waals surface area contributed by atoms with Crippen LogP contribution in [0.1, 0.15) is 29.8 Å². The molecule has 0 atom stereocenters. The predicted molar refractivity (Wildman–Crippen MR) is 92.9 cm³/mol. The average Bonchev–Trinajstić information content (AvgIpc) is 2.53. The van der Waals surface area contributed by atoms with Crippen molar-refractivity contribution in [2.45, 2.75) is 24.9 Å². The second-order valence-corrected chi connectivity index (χ2v) is 6.72. The Bertz CT molecular complexity index is 738. The first-order valence-corrected chi connectivity index (χ1v) is 8.34. The number of benzene rings is 1. The van der Waals surface area contributed by atoms with Gasteiger partial charge in [0.1, 0.15) is 0 Å². The standard InChI is InChI=1S/C17H19BrN2O3/c1-22-16(21)15-9-14(19-10-17(23-2)6-3-7-17)12-8-11(18)4-5-13(12)20-15/h4-5,8-9H,3,6-7,10H2,1-2H3,(H,19,20). The monoisotopic (exact) mass is 378 g/mol. The molecule has 0 unspecified atom stereocenters. The van der Waals surface area contributed by atoms with Crippen LogP contribution in [-0.4, -0.2) is 37.3 Å². The lowest BCUT2D eigenvalue weighted by molar-refractivity contribution is -0.0601. The molecule has 1 aromatic heterocycles. The van der Waals surface area contributed by atoms with E-state index in [1.54, 1.807) is 13.2 Å². The highest BCUT2D eigenvalue weighted by Crippen LogP contribution is 2.36. The van der Waals surface area contributed by atoms with E-state index < -0.39 is 5.97 Å². The summed E-state index contributed by atoms with van der Waals surface area (Å²) in [5.41, 5.74) is 1.80. The van der Waals surface area contributed by atoms with Crippen LogP contribution in [0.25, 0.3) is 10.9 Å². The zero-order valence-corrected chi connectivity index (χ0v) is 14.8. The van der Waals surface area contributed by atoms with Crippen LogP contribution in [0.4, 0.5) is 5.69 Å². The lowest BCUT2D eigenvalue weighted by Crippen LogP contribution is -2.45. The second kappa shape index (κ2) is 6.45. The summed E-state index contributed by atoms with van der Waals surface area (Å²) in [6.07, 6.45) is 3.28. The Kier molecular flexibility index (Phi) is 4.55. The van der Waals surface area contributed by atoms with Gasteiger partial charge in [0.25, 0.3) is 0 Å². The summed E-state index contributed by atoms with van der Waals surface area (Å²) >= 11 is 3.48. The van der Waals surface area contributed by atoms with Gasteiger partial charge in [0, 0.05) is 29.2 Å². The number of aromatic nitrogens is 1. The number of carbonyl (C=O) groups is 1. The van der Waals surface area contributed by atoms with Crippen LogP contribution in [-0.2, 0) is 9.47 Å². The normalized spacial score (nSPS) is 16.0. The molecule has 6 heteroatoms. The molecule has 0 bridgehead atoms. The molecule has 0 saturated heterocycles. The number of fused-ring (bicyclic) bond motifs is 1. The predicted octanol–water partition coefficient (Wildman–Crippen LogP) is 3.76. The Morgan fingerprint density at radius 2 is 2.13 bits per heavy atom. The van der Waals surface area contributed by atoms with E-state index in [0.717, 1.165) is 33.9 Å². The van der Waals surface area contributed by atoms with Gasteiger partial charge in [-0.3, -0.25) is 0 Å². The highest BCUT2D eigenvalue weighted by molar-refractivity contribution is 9.10. The molecular weight excluding hydrogens is 360 g/mol. The maximum atomic E-state index is 11.9. The molecule has 1 heterocycles. The van der Waals surface area contributed by atoms with E-state index in [1.807, 2.05) is 18.2 Å². The summed E-state index contributed by atoms with van der Waals surface area (Å²) in [4.78, 5) is 16.2. The minimum absolute atomic E-state index is 0.104. The Morgan fingerprint density at radius 3 is 2.74 bits per heavy atom. The maximum Gasteiger partial charge on any atom is 0.356 e. The highest BCUT2D eigenvalue weighted by Gasteiger charge is 2.36. The number of nitrogens with zero attached hydrogens (tertiary/aromatic N) is 1. The van der Waals surface area contributed by atoms with Crippen molar-refractivity contribution in [2.75, 3.05) is 26.1 Å². The molecule has 1 aliphatic carbocycles. The van der Waals surface area contributed by atoms with Gasteiger partial charge >= 0.3 is 5.97 Å². The van der Waals surface area contributed by atoms with Crippen LogP contribution >= 0.6 is 15.9 Å². The number of hydrogen-bond acceptors (Lipinski definition) is 5. The number of pyridine rings is 1. The van der Waals surface area contributed by atoms with Gasteiger partial charge in [-0.15, -0.1) is 0 Å². The first-order valence-electron chi connectivity index (χ1n) is 7.54. The molecule has 5 nitrogen and oxygen atoms in total. The fraction of sp³-hybridized carbons (Fsp3) is 0.412. The van der Waals surface area contributed by atoms with E-state index in [4.69, 9.17) is 9.47 Å². The lowest BCUT2D eigenvalue weighted by Gasteiger charge is -2.40. The molecule has 1 saturated carbocycles.